The average molecular weight is 569 g/mol. The maximum absolute atomic E-state index is 13.7. The Morgan fingerprint density at radius 1 is 0.386 bits per heavy atom. The first kappa shape index (κ1) is 25.7. The highest BCUT2D eigenvalue weighted by Gasteiger charge is 2.15. The van der Waals surface area contributed by atoms with Crippen LogP contribution in [-0.4, -0.2) is 19.5 Å². The summed E-state index contributed by atoms with van der Waals surface area (Å²) in [7, 11) is 0. The molecular formula is C39H25FN4. The van der Waals surface area contributed by atoms with Gasteiger partial charge in [-0.3, -0.25) is 0 Å². The standard InChI is InChI=1S/C39H25FN4/c40-31-22-19-29(20-23-31)39-42-37(27-9-3-1-4-10-27)41-38(43-39)28-17-15-26(16-18-28)30-21-24-36-34(25-30)33-13-7-8-14-35(33)44(36)32-11-5-2-6-12-32/h1-25H. The zero-order valence-electron chi connectivity index (χ0n) is 23.6. The highest BCUT2D eigenvalue weighted by molar-refractivity contribution is 6.10. The maximum atomic E-state index is 13.7. The molecule has 8 rings (SSSR count). The van der Waals surface area contributed by atoms with Crippen LogP contribution in [0.5, 0.6) is 0 Å². The monoisotopic (exact) mass is 568 g/mol. The number of hydrogen-bond donors (Lipinski definition) is 0. The van der Waals surface area contributed by atoms with Gasteiger partial charge in [0.15, 0.2) is 17.5 Å². The summed E-state index contributed by atoms with van der Waals surface area (Å²) >= 11 is 0. The van der Waals surface area contributed by atoms with Gasteiger partial charge >= 0.3 is 0 Å². The summed E-state index contributed by atoms with van der Waals surface area (Å²) < 4.78 is 16.0. The molecule has 4 nitrogen and oxygen atoms in total. The lowest BCUT2D eigenvalue weighted by Gasteiger charge is -2.10. The highest BCUT2D eigenvalue weighted by atomic mass is 19.1. The van der Waals surface area contributed by atoms with E-state index >= 15 is 0 Å². The molecular weight excluding hydrogens is 543 g/mol. The molecule has 0 aliphatic rings. The van der Waals surface area contributed by atoms with Crippen molar-refractivity contribution in [2.45, 2.75) is 0 Å². The van der Waals surface area contributed by atoms with Crippen LogP contribution in [0.2, 0.25) is 0 Å². The summed E-state index contributed by atoms with van der Waals surface area (Å²) in [4.78, 5) is 14.3. The van der Waals surface area contributed by atoms with Crippen molar-refractivity contribution in [1.29, 1.82) is 0 Å². The van der Waals surface area contributed by atoms with Crippen LogP contribution in [0.4, 0.5) is 4.39 Å². The summed E-state index contributed by atoms with van der Waals surface area (Å²) in [6, 6.07) is 50.0. The van der Waals surface area contributed by atoms with Crippen LogP contribution < -0.4 is 0 Å². The first-order chi connectivity index (χ1) is 21.7. The van der Waals surface area contributed by atoms with Crippen LogP contribution in [0, 0.1) is 5.82 Å². The van der Waals surface area contributed by atoms with Gasteiger partial charge in [-0.25, -0.2) is 19.3 Å². The van der Waals surface area contributed by atoms with Crippen molar-refractivity contribution in [3.63, 3.8) is 0 Å². The average Bonchev–Trinajstić information content (AvgIpc) is 3.43. The molecule has 208 valence electrons. The van der Waals surface area contributed by atoms with E-state index in [4.69, 9.17) is 15.0 Å². The lowest BCUT2D eigenvalue weighted by molar-refractivity contribution is 0.628. The molecule has 44 heavy (non-hydrogen) atoms. The van der Waals surface area contributed by atoms with Crippen molar-refractivity contribution in [1.82, 2.24) is 19.5 Å². The smallest absolute Gasteiger partial charge is 0.164 e. The Bertz CT molecular complexity index is 2260. The van der Waals surface area contributed by atoms with Crippen molar-refractivity contribution < 1.29 is 4.39 Å². The number of nitrogens with zero attached hydrogens (tertiary/aromatic N) is 4. The van der Waals surface area contributed by atoms with Gasteiger partial charge in [-0.1, -0.05) is 97.1 Å². The first-order valence-electron chi connectivity index (χ1n) is 14.5. The number of halogens is 1. The molecule has 2 heterocycles. The third-order valence-electron chi connectivity index (χ3n) is 7.93. The maximum Gasteiger partial charge on any atom is 0.164 e. The quantitative estimate of drug-likeness (QED) is 0.208. The molecule has 0 atom stereocenters. The molecule has 0 fully saturated rings. The van der Waals surface area contributed by atoms with Gasteiger partial charge in [0.2, 0.25) is 0 Å². The fraction of sp³-hybridized carbons (Fsp3) is 0. The molecule has 0 N–H and O–H groups in total. The Morgan fingerprint density at radius 2 is 0.864 bits per heavy atom. The van der Waals surface area contributed by atoms with Crippen LogP contribution in [0.25, 0.3) is 72.8 Å². The molecule has 0 amide bonds. The lowest BCUT2D eigenvalue weighted by Crippen LogP contribution is -2.00. The van der Waals surface area contributed by atoms with Crippen molar-refractivity contribution in [3.05, 3.63) is 157 Å². The van der Waals surface area contributed by atoms with Gasteiger partial charge in [0, 0.05) is 33.2 Å². The van der Waals surface area contributed by atoms with Crippen LogP contribution in [0.3, 0.4) is 0 Å². The Balaban J connectivity index is 1.21. The summed E-state index contributed by atoms with van der Waals surface area (Å²) in [5.41, 5.74) is 8.22. The SMILES string of the molecule is Fc1ccc(-c2nc(-c3ccccc3)nc(-c3ccc(-c4ccc5c(c4)c4ccccc4n5-c4ccccc4)cc3)n2)cc1. The van der Waals surface area contributed by atoms with E-state index in [1.54, 1.807) is 12.1 Å². The van der Waals surface area contributed by atoms with Gasteiger partial charge in [0.25, 0.3) is 0 Å². The number of benzene rings is 6. The zero-order chi connectivity index (χ0) is 29.5. The minimum Gasteiger partial charge on any atom is -0.309 e. The van der Waals surface area contributed by atoms with Gasteiger partial charge in [-0.2, -0.15) is 0 Å². The lowest BCUT2D eigenvalue weighted by atomic mass is 10.0. The van der Waals surface area contributed by atoms with Crippen LogP contribution in [-0.2, 0) is 0 Å². The predicted molar refractivity (Wildman–Crippen MR) is 176 cm³/mol. The first-order valence-corrected chi connectivity index (χ1v) is 14.5. The second-order valence-electron chi connectivity index (χ2n) is 10.7. The topological polar surface area (TPSA) is 43.6 Å². The Labute approximate surface area is 253 Å². The molecule has 0 spiro atoms. The van der Waals surface area contributed by atoms with E-state index in [0.717, 1.165) is 33.5 Å². The van der Waals surface area contributed by atoms with E-state index in [9.17, 15) is 4.39 Å². The summed E-state index contributed by atoms with van der Waals surface area (Å²) in [5.74, 6) is 1.33. The van der Waals surface area contributed by atoms with E-state index in [-0.39, 0.29) is 5.82 Å². The molecule has 0 saturated carbocycles. The molecule has 0 aliphatic heterocycles. The number of aromatic nitrogens is 4. The number of fused-ring (bicyclic) bond motifs is 3. The molecule has 2 aromatic heterocycles. The van der Waals surface area contributed by atoms with Gasteiger partial charge in [-0.05, 0) is 65.7 Å². The van der Waals surface area contributed by atoms with Crippen LogP contribution in [0.15, 0.2) is 152 Å². The Kier molecular flexibility index (Phi) is 6.27. The van der Waals surface area contributed by atoms with E-state index in [1.807, 2.05) is 48.5 Å². The third-order valence-corrected chi connectivity index (χ3v) is 7.93. The summed E-state index contributed by atoms with van der Waals surface area (Å²) in [5, 5.41) is 2.43. The minimum absolute atomic E-state index is 0.301. The zero-order valence-corrected chi connectivity index (χ0v) is 23.6. The summed E-state index contributed by atoms with van der Waals surface area (Å²) in [6.07, 6.45) is 0. The summed E-state index contributed by atoms with van der Waals surface area (Å²) in [6.45, 7) is 0. The normalized spacial score (nSPS) is 11.3. The highest BCUT2D eigenvalue weighted by Crippen LogP contribution is 2.35. The second kappa shape index (κ2) is 10.7. The van der Waals surface area contributed by atoms with Crippen molar-refractivity contribution in [3.8, 4) is 51.0 Å². The number of hydrogen-bond acceptors (Lipinski definition) is 3. The van der Waals surface area contributed by atoms with Crippen LogP contribution >= 0.6 is 0 Å². The molecule has 8 aromatic rings. The van der Waals surface area contributed by atoms with E-state index in [1.165, 1.54) is 33.9 Å². The Morgan fingerprint density at radius 3 is 1.52 bits per heavy atom. The molecule has 0 aliphatic carbocycles. The molecule has 0 unspecified atom stereocenters. The number of rotatable bonds is 5. The van der Waals surface area contributed by atoms with Crippen molar-refractivity contribution in [2.75, 3.05) is 0 Å². The van der Waals surface area contributed by atoms with Gasteiger partial charge < -0.3 is 4.57 Å². The molecule has 6 aromatic carbocycles. The van der Waals surface area contributed by atoms with Gasteiger partial charge in [0.05, 0.1) is 11.0 Å². The fourth-order valence-electron chi connectivity index (χ4n) is 5.77. The Hall–Kier alpha value is -5.94. The van der Waals surface area contributed by atoms with Gasteiger partial charge in [0.1, 0.15) is 5.82 Å². The largest absolute Gasteiger partial charge is 0.309 e. The molecule has 0 bridgehead atoms. The third kappa shape index (κ3) is 4.61. The fourth-order valence-corrected chi connectivity index (χ4v) is 5.77. The van der Waals surface area contributed by atoms with Crippen LogP contribution in [0.1, 0.15) is 0 Å². The van der Waals surface area contributed by atoms with Crippen molar-refractivity contribution in [2.24, 2.45) is 0 Å². The molecule has 5 heteroatoms. The van der Waals surface area contributed by atoms with E-state index in [0.29, 0.717) is 17.5 Å². The molecule has 0 saturated heterocycles. The minimum atomic E-state index is -0.301. The second-order valence-corrected chi connectivity index (χ2v) is 10.7. The number of para-hydroxylation sites is 2. The predicted octanol–water partition coefficient (Wildman–Crippen LogP) is 9.78. The van der Waals surface area contributed by atoms with E-state index < -0.39 is 0 Å². The molecule has 0 radical (unpaired) electrons. The van der Waals surface area contributed by atoms with Gasteiger partial charge in [-0.15, -0.1) is 0 Å². The van der Waals surface area contributed by atoms with E-state index in [2.05, 4.69) is 83.4 Å². The van der Waals surface area contributed by atoms with Crippen molar-refractivity contribution >= 4 is 21.8 Å².